The maximum atomic E-state index is 11.7. The molecular formula is C21H22N4O2. The van der Waals surface area contributed by atoms with E-state index >= 15 is 0 Å². The van der Waals surface area contributed by atoms with Crippen LogP contribution in [0.1, 0.15) is 10.4 Å². The Morgan fingerprint density at radius 1 is 1.00 bits per heavy atom. The Balaban J connectivity index is 1.60. The number of aromatic nitrogens is 2. The summed E-state index contributed by atoms with van der Waals surface area (Å²) in [4.78, 5) is 25.6. The minimum atomic E-state index is -0.374. The lowest BCUT2D eigenvalue weighted by Crippen LogP contribution is -2.44. The fourth-order valence-corrected chi connectivity index (χ4v) is 3.30. The van der Waals surface area contributed by atoms with Crippen LogP contribution in [0.3, 0.4) is 0 Å². The zero-order chi connectivity index (χ0) is 18.8. The fourth-order valence-electron chi connectivity index (χ4n) is 3.30. The van der Waals surface area contributed by atoms with E-state index < -0.39 is 0 Å². The first-order valence-electron chi connectivity index (χ1n) is 9.03. The molecule has 2 heterocycles. The standard InChI is InChI=1S/C21H22N4O2/c1-24-9-11-25(12-10-24)17-6-3-15(4-7-17)20-14-22-18-8-5-16(21(26)27-2)13-19(18)23-20/h3-8,13-14H,9-12H2,1-2H3. The normalized spacial score (nSPS) is 15.1. The summed E-state index contributed by atoms with van der Waals surface area (Å²) in [6.45, 7) is 4.25. The number of methoxy groups -OCH3 is 1. The Labute approximate surface area is 158 Å². The van der Waals surface area contributed by atoms with E-state index in [1.165, 1.54) is 12.8 Å². The second-order valence-electron chi connectivity index (χ2n) is 6.79. The van der Waals surface area contributed by atoms with E-state index in [4.69, 9.17) is 4.74 Å². The van der Waals surface area contributed by atoms with E-state index in [0.29, 0.717) is 11.1 Å². The topological polar surface area (TPSA) is 58.6 Å². The van der Waals surface area contributed by atoms with Crippen molar-refractivity contribution >= 4 is 22.7 Å². The van der Waals surface area contributed by atoms with Crippen LogP contribution < -0.4 is 4.90 Å². The van der Waals surface area contributed by atoms with Crippen molar-refractivity contribution < 1.29 is 9.53 Å². The van der Waals surface area contributed by atoms with Gasteiger partial charge in [0.25, 0.3) is 0 Å². The van der Waals surface area contributed by atoms with Crippen LogP contribution in [0.2, 0.25) is 0 Å². The highest BCUT2D eigenvalue weighted by Gasteiger charge is 2.14. The van der Waals surface area contributed by atoms with Crippen LogP contribution in [0.4, 0.5) is 5.69 Å². The van der Waals surface area contributed by atoms with Gasteiger partial charge in [-0.2, -0.15) is 0 Å². The summed E-state index contributed by atoms with van der Waals surface area (Å²) in [7, 11) is 3.53. The molecule has 0 saturated carbocycles. The number of hydrogen-bond donors (Lipinski definition) is 0. The van der Waals surface area contributed by atoms with Crippen LogP contribution in [-0.4, -0.2) is 61.2 Å². The average Bonchev–Trinajstić information content (AvgIpc) is 2.73. The SMILES string of the molecule is COC(=O)c1ccc2ncc(-c3ccc(N4CCN(C)CC4)cc3)nc2c1. The summed E-state index contributed by atoms with van der Waals surface area (Å²) in [6, 6.07) is 13.6. The van der Waals surface area contributed by atoms with Crippen molar-refractivity contribution in [2.24, 2.45) is 0 Å². The third-order valence-electron chi connectivity index (χ3n) is 4.99. The largest absolute Gasteiger partial charge is 0.465 e. The summed E-state index contributed by atoms with van der Waals surface area (Å²) in [5.41, 5.74) is 4.93. The van der Waals surface area contributed by atoms with E-state index in [2.05, 4.69) is 51.1 Å². The van der Waals surface area contributed by atoms with Crippen LogP contribution in [0.15, 0.2) is 48.7 Å². The number of esters is 1. The van der Waals surface area contributed by atoms with Gasteiger partial charge in [0.05, 0.1) is 35.6 Å². The number of ether oxygens (including phenoxy) is 1. The fraction of sp³-hybridized carbons (Fsp3) is 0.286. The number of likely N-dealkylation sites (N-methyl/N-ethyl adjacent to an activating group) is 1. The lowest BCUT2D eigenvalue weighted by molar-refractivity contribution is 0.0601. The molecule has 1 aliphatic heterocycles. The van der Waals surface area contributed by atoms with Crippen molar-refractivity contribution in [2.75, 3.05) is 45.2 Å². The Hall–Kier alpha value is -2.99. The molecule has 1 saturated heterocycles. The molecule has 6 heteroatoms. The quantitative estimate of drug-likeness (QED) is 0.668. The minimum absolute atomic E-state index is 0.374. The third kappa shape index (κ3) is 3.61. The van der Waals surface area contributed by atoms with Crippen LogP contribution in [0.5, 0.6) is 0 Å². The molecule has 0 amide bonds. The number of piperazine rings is 1. The van der Waals surface area contributed by atoms with Crippen molar-refractivity contribution in [2.45, 2.75) is 0 Å². The number of benzene rings is 2. The van der Waals surface area contributed by atoms with Gasteiger partial charge >= 0.3 is 5.97 Å². The van der Waals surface area contributed by atoms with Crippen LogP contribution >= 0.6 is 0 Å². The number of rotatable bonds is 3. The number of carbonyl (C=O) groups is 1. The minimum Gasteiger partial charge on any atom is -0.465 e. The molecule has 4 rings (SSSR count). The van der Waals surface area contributed by atoms with Crippen molar-refractivity contribution in [1.82, 2.24) is 14.9 Å². The number of carbonyl (C=O) groups excluding carboxylic acids is 1. The highest BCUT2D eigenvalue weighted by Crippen LogP contribution is 2.24. The first kappa shape index (κ1) is 17.4. The lowest BCUT2D eigenvalue weighted by atomic mass is 10.1. The molecule has 0 N–H and O–H groups in total. The summed E-state index contributed by atoms with van der Waals surface area (Å²) >= 11 is 0. The molecule has 0 aliphatic carbocycles. The van der Waals surface area contributed by atoms with Gasteiger partial charge < -0.3 is 14.5 Å². The Morgan fingerprint density at radius 2 is 1.74 bits per heavy atom. The molecule has 0 atom stereocenters. The highest BCUT2D eigenvalue weighted by molar-refractivity contribution is 5.93. The second kappa shape index (κ2) is 7.32. The van der Waals surface area contributed by atoms with E-state index in [1.54, 1.807) is 24.4 Å². The molecule has 0 spiro atoms. The maximum Gasteiger partial charge on any atom is 0.337 e. The molecule has 138 valence electrons. The molecule has 1 fully saturated rings. The molecule has 3 aromatic rings. The van der Waals surface area contributed by atoms with Crippen molar-refractivity contribution in [3.8, 4) is 11.3 Å². The van der Waals surface area contributed by atoms with Crippen molar-refractivity contribution in [1.29, 1.82) is 0 Å². The zero-order valence-electron chi connectivity index (χ0n) is 15.6. The number of hydrogen-bond acceptors (Lipinski definition) is 6. The average molecular weight is 362 g/mol. The highest BCUT2D eigenvalue weighted by atomic mass is 16.5. The van der Waals surface area contributed by atoms with Gasteiger partial charge in [-0.25, -0.2) is 9.78 Å². The van der Waals surface area contributed by atoms with Crippen LogP contribution in [0, 0.1) is 0 Å². The molecule has 0 bridgehead atoms. The monoisotopic (exact) mass is 362 g/mol. The maximum absolute atomic E-state index is 11.7. The molecule has 1 aromatic heterocycles. The van der Waals surface area contributed by atoms with Crippen molar-refractivity contribution in [3.63, 3.8) is 0 Å². The van der Waals surface area contributed by atoms with Gasteiger partial charge in [-0.05, 0) is 37.4 Å². The van der Waals surface area contributed by atoms with E-state index in [9.17, 15) is 4.79 Å². The number of anilines is 1. The van der Waals surface area contributed by atoms with E-state index in [1.807, 2.05) is 0 Å². The Morgan fingerprint density at radius 3 is 2.44 bits per heavy atom. The smallest absolute Gasteiger partial charge is 0.337 e. The van der Waals surface area contributed by atoms with Gasteiger partial charge in [-0.15, -0.1) is 0 Å². The van der Waals surface area contributed by atoms with E-state index in [0.717, 1.165) is 43.0 Å². The molecular weight excluding hydrogens is 340 g/mol. The summed E-state index contributed by atoms with van der Waals surface area (Å²) in [5, 5.41) is 0. The summed E-state index contributed by atoms with van der Waals surface area (Å²) in [5.74, 6) is -0.374. The van der Waals surface area contributed by atoms with Crippen LogP contribution in [-0.2, 0) is 4.74 Å². The van der Waals surface area contributed by atoms with Gasteiger partial charge in [0.15, 0.2) is 0 Å². The first-order valence-corrected chi connectivity index (χ1v) is 9.03. The van der Waals surface area contributed by atoms with Gasteiger partial charge in [-0.3, -0.25) is 4.98 Å². The number of fused-ring (bicyclic) bond motifs is 1. The second-order valence-corrected chi connectivity index (χ2v) is 6.79. The number of nitrogens with zero attached hydrogens (tertiary/aromatic N) is 4. The van der Waals surface area contributed by atoms with Gasteiger partial charge in [-0.1, -0.05) is 12.1 Å². The van der Waals surface area contributed by atoms with Crippen LogP contribution in [0.25, 0.3) is 22.3 Å². The van der Waals surface area contributed by atoms with Gasteiger partial charge in [0.2, 0.25) is 0 Å². The third-order valence-corrected chi connectivity index (χ3v) is 4.99. The zero-order valence-corrected chi connectivity index (χ0v) is 15.6. The summed E-state index contributed by atoms with van der Waals surface area (Å²) in [6.07, 6.45) is 1.77. The lowest BCUT2D eigenvalue weighted by Gasteiger charge is -2.34. The first-order chi connectivity index (χ1) is 13.1. The van der Waals surface area contributed by atoms with Crippen molar-refractivity contribution in [3.05, 3.63) is 54.2 Å². The molecule has 6 nitrogen and oxygen atoms in total. The molecule has 0 radical (unpaired) electrons. The molecule has 2 aromatic carbocycles. The Bertz CT molecular complexity index is 964. The Kier molecular flexibility index (Phi) is 4.73. The predicted octanol–water partition coefficient (Wildman–Crippen LogP) is 2.84. The molecule has 1 aliphatic rings. The van der Waals surface area contributed by atoms with E-state index in [-0.39, 0.29) is 5.97 Å². The predicted molar refractivity (Wildman–Crippen MR) is 106 cm³/mol. The summed E-state index contributed by atoms with van der Waals surface area (Å²) < 4.78 is 4.78. The van der Waals surface area contributed by atoms with Gasteiger partial charge in [0.1, 0.15) is 0 Å². The molecule has 0 unspecified atom stereocenters. The molecule has 27 heavy (non-hydrogen) atoms. The van der Waals surface area contributed by atoms with Gasteiger partial charge in [0, 0.05) is 37.4 Å².